The van der Waals surface area contributed by atoms with Crippen LogP contribution in [-0.4, -0.2) is 44.6 Å². The first-order chi connectivity index (χ1) is 13.2. The summed E-state index contributed by atoms with van der Waals surface area (Å²) in [7, 11) is 1.66. The van der Waals surface area contributed by atoms with Gasteiger partial charge in [0.05, 0.1) is 32.1 Å². The molecule has 0 aliphatic carbocycles. The number of nitrogens with one attached hydrogen (secondary N) is 3. The predicted octanol–water partition coefficient (Wildman–Crippen LogP) is 2.03. The van der Waals surface area contributed by atoms with Crippen LogP contribution in [0.4, 0.5) is 5.69 Å². The number of quaternary nitrogens is 1. The number of methoxy groups -OCH3 is 1. The molecule has 0 saturated carbocycles. The van der Waals surface area contributed by atoms with Crippen LogP contribution < -0.4 is 20.3 Å². The van der Waals surface area contributed by atoms with Gasteiger partial charge in [-0.2, -0.15) is 0 Å². The van der Waals surface area contributed by atoms with Crippen molar-refractivity contribution in [3.8, 4) is 5.75 Å². The van der Waals surface area contributed by atoms with Gasteiger partial charge in [-0.15, -0.1) is 0 Å². The molecular weight excluding hydrogens is 358 g/mol. The van der Waals surface area contributed by atoms with Crippen LogP contribution in [0.25, 0.3) is 0 Å². The highest BCUT2D eigenvalue weighted by Gasteiger charge is 2.31. The number of benzene rings is 2. The van der Waals surface area contributed by atoms with E-state index in [1.54, 1.807) is 7.11 Å². The molecular formula is C21H28N3O2S+. The minimum Gasteiger partial charge on any atom is -0.495 e. The van der Waals surface area contributed by atoms with Crippen molar-refractivity contribution in [2.24, 2.45) is 0 Å². The molecule has 0 radical (unpaired) electrons. The first-order valence-corrected chi connectivity index (χ1v) is 9.77. The summed E-state index contributed by atoms with van der Waals surface area (Å²) in [5.41, 5.74) is 2.18. The second-order valence-electron chi connectivity index (χ2n) is 6.75. The molecule has 144 valence electrons. The second kappa shape index (κ2) is 9.69. The van der Waals surface area contributed by atoms with E-state index in [1.807, 2.05) is 24.3 Å². The minimum atomic E-state index is 0.162. The average Bonchev–Trinajstić information content (AvgIpc) is 2.70. The van der Waals surface area contributed by atoms with E-state index in [2.05, 4.69) is 47.9 Å². The van der Waals surface area contributed by atoms with Crippen molar-refractivity contribution in [1.82, 2.24) is 5.32 Å². The predicted molar refractivity (Wildman–Crippen MR) is 113 cm³/mol. The second-order valence-corrected chi connectivity index (χ2v) is 7.15. The number of rotatable bonds is 6. The molecule has 5 nitrogen and oxygen atoms in total. The molecule has 2 atom stereocenters. The van der Waals surface area contributed by atoms with Gasteiger partial charge >= 0.3 is 0 Å². The fourth-order valence-electron chi connectivity index (χ4n) is 3.68. The fraction of sp³-hybridized carbons (Fsp3) is 0.381. The zero-order valence-corrected chi connectivity index (χ0v) is 16.7. The highest BCUT2D eigenvalue weighted by molar-refractivity contribution is 7.80. The van der Waals surface area contributed by atoms with E-state index in [1.165, 1.54) is 10.5 Å². The molecule has 27 heavy (non-hydrogen) atoms. The Bertz CT molecular complexity index is 735. The van der Waals surface area contributed by atoms with Crippen LogP contribution in [-0.2, 0) is 4.74 Å². The fourth-order valence-corrected chi connectivity index (χ4v) is 3.98. The standard InChI is InChI=1S/C21H27N3O2S/c1-16(22-21(27)23-18-10-6-7-11-19(18)25-2)20(17-8-4-3-5-9-17)24-12-14-26-15-13-24/h3-11,16,20H,12-15H2,1-2H3,(H2,22,23,27)/p+1/t16-,20-/m1/s1. The van der Waals surface area contributed by atoms with Gasteiger partial charge in [0.1, 0.15) is 24.9 Å². The Morgan fingerprint density at radius 3 is 2.44 bits per heavy atom. The molecule has 2 aromatic carbocycles. The van der Waals surface area contributed by atoms with E-state index in [0.717, 1.165) is 37.7 Å². The van der Waals surface area contributed by atoms with Gasteiger partial charge in [-0.1, -0.05) is 42.5 Å². The summed E-state index contributed by atoms with van der Waals surface area (Å²) in [6.45, 7) is 5.79. The third-order valence-electron chi connectivity index (χ3n) is 4.95. The Morgan fingerprint density at radius 1 is 1.07 bits per heavy atom. The van der Waals surface area contributed by atoms with Crippen molar-refractivity contribution >= 4 is 23.0 Å². The molecule has 0 spiro atoms. The lowest BCUT2D eigenvalue weighted by molar-refractivity contribution is -0.940. The Hall–Kier alpha value is -2.15. The average molecular weight is 387 g/mol. The molecule has 3 rings (SSSR count). The van der Waals surface area contributed by atoms with E-state index < -0.39 is 0 Å². The molecule has 6 heteroatoms. The van der Waals surface area contributed by atoms with Crippen molar-refractivity contribution in [3.05, 3.63) is 60.2 Å². The quantitative estimate of drug-likeness (QED) is 0.663. The number of thiocarbonyl (C=S) groups is 1. The molecule has 1 aliphatic rings. The van der Waals surface area contributed by atoms with Crippen molar-refractivity contribution in [1.29, 1.82) is 0 Å². The Kier molecular flexibility index (Phi) is 7.04. The van der Waals surface area contributed by atoms with Crippen molar-refractivity contribution < 1.29 is 14.4 Å². The molecule has 3 N–H and O–H groups in total. The number of ether oxygens (including phenoxy) is 2. The van der Waals surface area contributed by atoms with Crippen LogP contribution in [0, 0.1) is 0 Å². The Balaban J connectivity index is 1.71. The summed E-state index contributed by atoms with van der Waals surface area (Å²) in [6, 6.07) is 18.9. The molecule has 1 aliphatic heterocycles. The lowest BCUT2D eigenvalue weighted by Gasteiger charge is -2.35. The summed E-state index contributed by atoms with van der Waals surface area (Å²) in [6.07, 6.45) is 0. The van der Waals surface area contributed by atoms with Crippen LogP contribution in [0.1, 0.15) is 18.5 Å². The molecule has 1 saturated heterocycles. The third kappa shape index (κ3) is 5.19. The number of hydrogen-bond donors (Lipinski definition) is 3. The number of anilines is 1. The van der Waals surface area contributed by atoms with Crippen LogP contribution in [0.5, 0.6) is 5.75 Å². The van der Waals surface area contributed by atoms with Crippen molar-refractivity contribution in [2.45, 2.75) is 19.0 Å². The van der Waals surface area contributed by atoms with Gasteiger partial charge in [0.2, 0.25) is 0 Å². The van der Waals surface area contributed by atoms with Gasteiger partial charge in [0.15, 0.2) is 5.11 Å². The molecule has 0 aromatic heterocycles. The zero-order valence-electron chi connectivity index (χ0n) is 15.9. The van der Waals surface area contributed by atoms with Gasteiger partial charge in [-0.25, -0.2) is 0 Å². The largest absolute Gasteiger partial charge is 0.495 e. The number of morpholine rings is 1. The molecule has 1 fully saturated rings. The van der Waals surface area contributed by atoms with Gasteiger partial charge < -0.3 is 25.0 Å². The highest BCUT2D eigenvalue weighted by atomic mass is 32.1. The van der Waals surface area contributed by atoms with Crippen LogP contribution in [0.2, 0.25) is 0 Å². The van der Waals surface area contributed by atoms with Gasteiger partial charge in [0, 0.05) is 5.56 Å². The molecule has 0 unspecified atom stereocenters. The van der Waals surface area contributed by atoms with Crippen molar-refractivity contribution in [3.63, 3.8) is 0 Å². The van der Waals surface area contributed by atoms with E-state index in [-0.39, 0.29) is 6.04 Å². The van der Waals surface area contributed by atoms with E-state index in [4.69, 9.17) is 21.7 Å². The third-order valence-corrected chi connectivity index (χ3v) is 5.17. The summed E-state index contributed by atoms with van der Waals surface area (Å²) in [5, 5.41) is 7.34. The maximum atomic E-state index is 5.58. The SMILES string of the molecule is COc1ccccc1NC(=S)N[C@H](C)[C@H](c1ccccc1)[NH+]1CCOCC1. The minimum absolute atomic E-state index is 0.162. The molecule has 0 bridgehead atoms. The van der Waals surface area contributed by atoms with Crippen LogP contribution in [0.15, 0.2) is 54.6 Å². The van der Waals surface area contributed by atoms with Crippen LogP contribution >= 0.6 is 12.2 Å². The smallest absolute Gasteiger partial charge is 0.171 e. The number of hydrogen-bond acceptors (Lipinski definition) is 3. The maximum absolute atomic E-state index is 5.58. The van der Waals surface area contributed by atoms with Crippen LogP contribution in [0.3, 0.4) is 0 Å². The first kappa shape index (κ1) is 19.6. The topological polar surface area (TPSA) is 47.0 Å². The molecule has 2 aromatic rings. The maximum Gasteiger partial charge on any atom is 0.171 e. The lowest BCUT2D eigenvalue weighted by atomic mass is 9.98. The first-order valence-electron chi connectivity index (χ1n) is 9.37. The van der Waals surface area contributed by atoms with Gasteiger partial charge in [-0.3, -0.25) is 0 Å². The van der Waals surface area contributed by atoms with Gasteiger partial charge in [0.25, 0.3) is 0 Å². The number of para-hydroxylation sites is 2. The Morgan fingerprint density at radius 2 is 1.74 bits per heavy atom. The normalized spacial score (nSPS) is 17.0. The molecule has 1 heterocycles. The van der Waals surface area contributed by atoms with E-state index >= 15 is 0 Å². The summed E-state index contributed by atoms with van der Waals surface area (Å²) >= 11 is 5.58. The lowest BCUT2D eigenvalue weighted by Crippen LogP contribution is -3.15. The van der Waals surface area contributed by atoms with Gasteiger partial charge in [-0.05, 0) is 31.3 Å². The Labute approximate surface area is 166 Å². The van der Waals surface area contributed by atoms with E-state index in [9.17, 15) is 0 Å². The summed E-state index contributed by atoms with van der Waals surface area (Å²) in [5.74, 6) is 0.771. The highest BCUT2D eigenvalue weighted by Crippen LogP contribution is 2.23. The monoisotopic (exact) mass is 386 g/mol. The van der Waals surface area contributed by atoms with Crippen molar-refractivity contribution in [2.75, 3.05) is 38.7 Å². The van der Waals surface area contributed by atoms with E-state index in [0.29, 0.717) is 11.2 Å². The zero-order chi connectivity index (χ0) is 19.1. The summed E-state index contributed by atoms with van der Waals surface area (Å²) < 4.78 is 11.0. The summed E-state index contributed by atoms with van der Waals surface area (Å²) in [4.78, 5) is 1.52. The molecule has 0 amide bonds.